The summed E-state index contributed by atoms with van der Waals surface area (Å²) >= 11 is 0. The van der Waals surface area contributed by atoms with Crippen molar-refractivity contribution in [1.29, 1.82) is 0 Å². The van der Waals surface area contributed by atoms with Gasteiger partial charge in [-0.1, -0.05) is 0 Å². The van der Waals surface area contributed by atoms with Crippen molar-refractivity contribution < 1.29 is 14.5 Å². The predicted octanol–water partition coefficient (Wildman–Crippen LogP) is 0.568. The molecule has 0 atom stereocenters. The molecule has 1 aliphatic rings. The van der Waals surface area contributed by atoms with Crippen molar-refractivity contribution in [2.24, 2.45) is 10.8 Å². The topological polar surface area (TPSA) is 103 Å². The summed E-state index contributed by atoms with van der Waals surface area (Å²) in [6.07, 6.45) is 0.712. The SMILES string of the molecule is COc1cc2c(cc1OC)CN(/C(N)=N/[N+](=O)[O-])CC2. The van der Waals surface area contributed by atoms with E-state index in [1.807, 2.05) is 12.1 Å². The number of ether oxygens (including phenoxy) is 2. The smallest absolute Gasteiger partial charge is 0.269 e. The van der Waals surface area contributed by atoms with Gasteiger partial charge in [0.25, 0.3) is 5.96 Å². The molecule has 0 spiro atoms. The van der Waals surface area contributed by atoms with E-state index in [9.17, 15) is 10.1 Å². The van der Waals surface area contributed by atoms with E-state index >= 15 is 0 Å². The monoisotopic (exact) mass is 280 g/mol. The zero-order valence-corrected chi connectivity index (χ0v) is 11.3. The molecule has 0 aromatic heterocycles. The summed E-state index contributed by atoms with van der Waals surface area (Å²) in [4.78, 5) is 12.0. The highest BCUT2D eigenvalue weighted by Gasteiger charge is 2.21. The molecule has 2 N–H and O–H groups in total. The van der Waals surface area contributed by atoms with Gasteiger partial charge < -0.3 is 20.1 Å². The van der Waals surface area contributed by atoms with Gasteiger partial charge >= 0.3 is 0 Å². The second-order valence-corrected chi connectivity index (χ2v) is 4.34. The first-order valence-electron chi connectivity index (χ1n) is 6.02. The molecule has 0 bridgehead atoms. The Kier molecular flexibility index (Phi) is 3.92. The van der Waals surface area contributed by atoms with Crippen LogP contribution in [0, 0.1) is 10.1 Å². The molecule has 1 heterocycles. The van der Waals surface area contributed by atoms with Crippen LogP contribution in [-0.4, -0.2) is 36.7 Å². The molecule has 20 heavy (non-hydrogen) atoms. The Hall–Kier alpha value is -2.51. The van der Waals surface area contributed by atoms with Gasteiger partial charge in [0.15, 0.2) is 16.5 Å². The number of benzene rings is 1. The van der Waals surface area contributed by atoms with E-state index in [1.165, 1.54) is 0 Å². The minimum atomic E-state index is -0.792. The molecule has 1 aromatic carbocycles. The van der Waals surface area contributed by atoms with Crippen LogP contribution < -0.4 is 15.2 Å². The average molecular weight is 280 g/mol. The number of nitrogens with two attached hydrogens (primary N) is 1. The number of guanidine groups is 1. The normalized spacial score (nSPS) is 14.7. The summed E-state index contributed by atoms with van der Waals surface area (Å²) in [6, 6.07) is 3.78. The molecule has 1 aliphatic heterocycles. The van der Waals surface area contributed by atoms with Crippen molar-refractivity contribution in [1.82, 2.24) is 4.90 Å². The Morgan fingerprint density at radius 2 is 1.95 bits per heavy atom. The largest absolute Gasteiger partial charge is 0.493 e. The Morgan fingerprint density at radius 1 is 1.35 bits per heavy atom. The highest BCUT2D eigenvalue weighted by atomic mass is 16.7. The quantitative estimate of drug-likeness (QED) is 0.376. The van der Waals surface area contributed by atoms with Crippen molar-refractivity contribution in [2.45, 2.75) is 13.0 Å². The maximum Gasteiger partial charge on any atom is 0.269 e. The van der Waals surface area contributed by atoms with E-state index < -0.39 is 5.03 Å². The average Bonchev–Trinajstić information content (AvgIpc) is 2.44. The van der Waals surface area contributed by atoms with E-state index in [0.29, 0.717) is 31.0 Å². The van der Waals surface area contributed by atoms with Gasteiger partial charge in [0.1, 0.15) is 5.10 Å². The number of hydrogen-bond donors (Lipinski definition) is 1. The molecule has 0 saturated heterocycles. The third-order valence-electron chi connectivity index (χ3n) is 3.23. The minimum absolute atomic E-state index is 0.0876. The summed E-state index contributed by atoms with van der Waals surface area (Å²) in [5.41, 5.74) is 7.73. The maximum atomic E-state index is 10.4. The lowest BCUT2D eigenvalue weighted by atomic mass is 9.99. The van der Waals surface area contributed by atoms with E-state index in [1.54, 1.807) is 19.1 Å². The van der Waals surface area contributed by atoms with Crippen LogP contribution in [0.15, 0.2) is 17.2 Å². The van der Waals surface area contributed by atoms with Crippen molar-refractivity contribution in [3.05, 3.63) is 33.4 Å². The Labute approximate surface area is 115 Å². The zero-order chi connectivity index (χ0) is 14.7. The summed E-state index contributed by atoms with van der Waals surface area (Å²) in [5.74, 6) is 1.21. The molecule has 0 unspecified atom stereocenters. The molecule has 0 fully saturated rings. The standard InChI is InChI=1S/C12H16N4O4/c1-19-10-5-8-3-4-15(12(13)14-16(17)18)7-9(8)6-11(10)20-2/h5-6H,3-4,7H2,1-2H3,(H2,13,14). The number of nitrogens with zero attached hydrogens (tertiary/aromatic N) is 3. The maximum absolute atomic E-state index is 10.4. The predicted molar refractivity (Wildman–Crippen MR) is 72.3 cm³/mol. The van der Waals surface area contributed by atoms with Crippen molar-refractivity contribution in [3.63, 3.8) is 0 Å². The number of hydrazone groups is 1. The van der Waals surface area contributed by atoms with Crippen LogP contribution in [0.4, 0.5) is 0 Å². The van der Waals surface area contributed by atoms with Crippen molar-refractivity contribution >= 4 is 5.96 Å². The molecule has 1 aromatic rings. The number of methoxy groups -OCH3 is 2. The zero-order valence-electron chi connectivity index (χ0n) is 11.3. The van der Waals surface area contributed by atoms with Gasteiger partial charge in [-0.3, -0.25) is 0 Å². The molecule has 0 aliphatic carbocycles. The van der Waals surface area contributed by atoms with Gasteiger partial charge in [-0.25, -0.2) is 10.1 Å². The first kappa shape index (κ1) is 13.9. The lowest BCUT2D eigenvalue weighted by molar-refractivity contribution is -0.485. The lowest BCUT2D eigenvalue weighted by Crippen LogP contribution is -2.41. The fourth-order valence-electron chi connectivity index (χ4n) is 2.23. The van der Waals surface area contributed by atoms with Crippen molar-refractivity contribution in [3.8, 4) is 11.5 Å². The Morgan fingerprint density at radius 3 is 2.50 bits per heavy atom. The molecular formula is C12H16N4O4. The lowest BCUT2D eigenvalue weighted by Gasteiger charge is -2.29. The van der Waals surface area contributed by atoms with Crippen LogP contribution >= 0.6 is 0 Å². The van der Waals surface area contributed by atoms with Gasteiger partial charge in [-0.15, -0.1) is 0 Å². The highest BCUT2D eigenvalue weighted by molar-refractivity contribution is 5.77. The van der Waals surface area contributed by atoms with Gasteiger partial charge in [-0.2, -0.15) is 0 Å². The molecule has 8 heteroatoms. The Bertz CT molecular complexity index is 559. The molecule has 2 rings (SSSR count). The number of hydrogen-bond acceptors (Lipinski definition) is 4. The first-order valence-corrected chi connectivity index (χ1v) is 6.02. The number of nitro groups is 1. The van der Waals surface area contributed by atoms with Crippen LogP contribution in [0.25, 0.3) is 0 Å². The van der Waals surface area contributed by atoms with Crippen LogP contribution in [-0.2, 0) is 13.0 Å². The van der Waals surface area contributed by atoms with Gasteiger partial charge in [0, 0.05) is 13.1 Å². The second kappa shape index (κ2) is 5.64. The summed E-state index contributed by atoms with van der Waals surface area (Å²) in [5, 5.41) is 12.7. The molecule has 108 valence electrons. The fourth-order valence-corrected chi connectivity index (χ4v) is 2.23. The van der Waals surface area contributed by atoms with E-state index in [4.69, 9.17) is 15.2 Å². The van der Waals surface area contributed by atoms with Crippen LogP contribution in [0.1, 0.15) is 11.1 Å². The third kappa shape index (κ3) is 2.73. The van der Waals surface area contributed by atoms with Crippen LogP contribution in [0.2, 0.25) is 0 Å². The third-order valence-corrected chi connectivity index (χ3v) is 3.23. The number of fused-ring (bicyclic) bond motifs is 1. The fraction of sp³-hybridized carbons (Fsp3) is 0.417. The molecule has 0 amide bonds. The summed E-state index contributed by atoms with van der Waals surface area (Å²) in [6.45, 7) is 1.03. The highest BCUT2D eigenvalue weighted by Crippen LogP contribution is 2.33. The summed E-state index contributed by atoms with van der Waals surface area (Å²) < 4.78 is 10.5. The molecular weight excluding hydrogens is 264 g/mol. The first-order chi connectivity index (χ1) is 9.55. The Balaban J connectivity index is 2.28. The minimum Gasteiger partial charge on any atom is -0.493 e. The summed E-state index contributed by atoms with van der Waals surface area (Å²) in [7, 11) is 3.15. The molecule has 0 saturated carbocycles. The van der Waals surface area contributed by atoms with Gasteiger partial charge in [-0.05, 0) is 29.7 Å². The molecule has 0 radical (unpaired) electrons. The van der Waals surface area contributed by atoms with Crippen LogP contribution in [0.5, 0.6) is 11.5 Å². The van der Waals surface area contributed by atoms with E-state index in [0.717, 1.165) is 11.1 Å². The van der Waals surface area contributed by atoms with Crippen LogP contribution in [0.3, 0.4) is 0 Å². The molecule has 8 nitrogen and oxygen atoms in total. The van der Waals surface area contributed by atoms with E-state index in [-0.39, 0.29) is 5.96 Å². The van der Waals surface area contributed by atoms with Gasteiger partial charge in [0.2, 0.25) is 0 Å². The second-order valence-electron chi connectivity index (χ2n) is 4.34. The van der Waals surface area contributed by atoms with Crippen molar-refractivity contribution in [2.75, 3.05) is 20.8 Å². The van der Waals surface area contributed by atoms with Gasteiger partial charge in [0.05, 0.1) is 14.2 Å². The van der Waals surface area contributed by atoms with E-state index in [2.05, 4.69) is 5.10 Å². The number of rotatable bonds is 3.